The van der Waals surface area contributed by atoms with Gasteiger partial charge in [-0.15, -0.1) is 0 Å². The molecular weight excluding hydrogens is 568 g/mol. The van der Waals surface area contributed by atoms with Gasteiger partial charge in [-0.1, -0.05) is 78.3 Å². The third-order valence-corrected chi connectivity index (χ3v) is 7.12. The quantitative estimate of drug-likeness (QED) is 0.125. The van der Waals surface area contributed by atoms with E-state index in [2.05, 4.69) is 15.6 Å². The Kier molecular flexibility index (Phi) is 10.2. The highest BCUT2D eigenvalue weighted by Gasteiger charge is 2.19. The van der Waals surface area contributed by atoms with E-state index in [1.54, 1.807) is 18.3 Å². The fraction of sp³-hybridized carbons (Fsp3) is 0.242. The number of ether oxygens (including phenoxy) is 2. The van der Waals surface area contributed by atoms with Crippen molar-refractivity contribution < 1.29 is 18.7 Å². The molecule has 2 heterocycles. The summed E-state index contributed by atoms with van der Waals surface area (Å²) in [5.41, 5.74) is 3.70. The van der Waals surface area contributed by atoms with Crippen molar-refractivity contribution in [1.82, 2.24) is 20.2 Å². The van der Waals surface area contributed by atoms with E-state index in [0.717, 1.165) is 16.8 Å². The monoisotopic (exact) mass is 600 g/mol. The van der Waals surface area contributed by atoms with Crippen LogP contribution in [0.4, 0.5) is 0 Å². The van der Waals surface area contributed by atoms with Gasteiger partial charge in [0.1, 0.15) is 11.9 Å². The molecule has 0 aliphatic heterocycles. The molecule has 9 nitrogen and oxygen atoms in total. The molecule has 2 aromatic heterocycles. The smallest absolute Gasteiger partial charge is 0.419 e. The molecule has 0 aliphatic carbocycles. The Morgan fingerprint density at radius 1 is 0.977 bits per heavy atom. The van der Waals surface area contributed by atoms with Crippen molar-refractivity contribution in [2.75, 3.05) is 6.54 Å². The number of hydrogen-bond acceptors (Lipinski definition) is 8. The summed E-state index contributed by atoms with van der Waals surface area (Å²) in [6, 6.07) is 28.6. The van der Waals surface area contributed by atoms with E-state index in [0.29, 0.717) is 41.5 Å². The molecule has 3 aromatic carbocycles. The van der Waals surface area contributed by atoms with Gasteiger partial charge in [-0.3, -0.25) is 19.7 Å². The molecule has 0 bridgehead atoms. The predicted molar refractivity (Wildman–Crippen MR) is 165 cm³/mol. The van der Waals surface area contributed by atoms with E-state index in [4.69, 9.17) is 25.5 Å². The van der Waals surface area contributed by atoms with Crippen LogP contribution in [0, 0.1) is 0 Å². The van der Waals surface area contributed by atoms with Crippen molar-refractivity contribution in [2.24, 2.45) is 0 Å². The number of fused-ring (bicyclic) bond motifs is 1. The van der Waals surface area contributed by atoms with E-state index in [1.807, 2.05) is 85.8 Å². The first kappa shape index (κ1) is 30.0. The lowest BCUT2D eigenvalue weighted by atomic mass is 10.2. The number of pyridine rings is 1. The molecule has 5 aromatic rings. The Labute approximate surface area is 254 Å². The number of esters is 1. The van der Waals surface area contributed by atoms with Crippen molar-refractivity contribution in [1.29, 1.82) is 0 Å². The number of aromatic nitrogens is 2. The Morgan fingerprint density at radius 2 is 1.67 bits per heavy atom. The van der Waals surface area contributed by atoms with E-state index in [9.17, 15) is 9.59 Å². The summed E-state index contributed by atoms with van der Waals surface area (Å²) in [4.78, 5) is 29.9. The van der Waals surface area contributed by atoms with Gasteiger partial charge >= 0.3 is 11.7 Å². The van der Waals surface area contributed by atoms with Crippen molar-refractivity contribution >= 4 is 28.7 Å². The minimum atomic E-state index is -0.600. The molecule has 5 rings (SSSR count). The second kappa shape index (κ2) is 14.6. The minimum Gasteiger partial charge on any atom is -0.483 e. The average molecular weight is 601 g/mol. The van der Waals surface area contributed by atoms with Crippen LogP contribution in [0.15, 0.2) is 106 Å². The van der Waals surface area contributed by atoms with Crippen LogP contribution in [0.25, 0.3) is 11.1 Å². The number of halogens is 1. The average Bonchev–Trinajstić information content (AvgIpc) is 3.33. The number of rotatable bonds is 14. The molecule has 0 aliphatic rings. The third kappa shape index (κ3) is 8.32. The van der Waals surface area contributed by atoms with Gasteiger partial charge in [0.2, 0.25) is 0 Å². The lowest BCUT2D eigenvalue weighted by molar-refractivity contribution is -0.150. The topological polar surface area (TPSA) is 108 Å². The second-order valence-corrected chi connectivity index (χ2v) is 10.4. The zero-order chi connectivity index (χ0) is 30.0. The maximum atomic E-state index is 12.9. The number of carbonyl (C=O) groups excluding carboxylic acids is 1. The largest absolute Gasteiger partial charge is 0.483 e. The molecule has 0 radical (unpaired) electrons. The van der Waals surface area contributed by atoms with Gasteiger partial charge in [-0.25, -0.2) is 4.79 Å². The predicted octanol–water partition coefficient (Wildman–Crippen LogP) is 5.62. The minimum absolute atomic E-state index is 0.0384. The molecule has 0 amide bonds. The zero-order valence-corrected chi connectivity index (χ0v) is 24.5. The second-order valence-electron chi connectivity index (χ2n) is 10.00. The van der Waals surface area contributed by atoms with E-state index < -0.39 is 18.0 Å². The molecule has 0 spiro atoms. The summed E-state index contributed by atoms with van der Waals surface area (Å²) in [6.07, 6.45) is 0.700. The third-order valence-electron chi connectivity index (χ3n) is 6.82. The van der Waals surface area contributed by atoms with Crippen molar-refractivity contribution in [3.05, 3.63) is 130 Å². The standard InChI is InChI=1S/C33H33ClN4O5/c1-23(27-14-8-9-16-36-27)41-29-19-30-28(18-26(29)34)38(33(40)42-30)17-15-32(39)43-31(37-21-25-12-6-3-7-13-25)22-35-20-24-10-4-2-5-11-24/h2-14,16,18-19,23,31,35,37H,15,17,20-22H2,1H3/t23-,31-/m1/s1. The lowest BCUT2D eigenvalue weighted by Crippen LogP contribution is -2.41. The first-order valence-corrected chi connectivity index (χ1v) is 14.5. The van der Waals surface area contributed by atoms with Crippen LogP contribution >= 0.6 is 11.6 Å². The maximum absolute atomic E-state index is 12.9. The van der Waals surface area contributed by atoms with Crippen LogP contribution < -0.4 is 21.1 Å². The number of nitrogens with one attached hydrogen (secondary N) is 2. The van der Waals surface area contributed by atoms with Crippen LogP contribution in [0.1, 0.15) is 36.3 Å². The Hall–Kier alpha value is -4.44. The summed E-state index contributed by atoms with van der Waals surface area (Å²) in [6.45, 7) is 3.48. The van der Waals surface area contributed by atoms with Gasteiger partial charge < -0.3 is 19.2 Å². The molecule has 0 saturated heterocycles. The molecular formula is C33H33ClN4O5. The molecule has 43 heavy (non-hydrogen) atoms. The highest BCUT2D eigenvalue weighted by Crippen LogP contribution is 2.33. The number of oxazole rings is 1. The van der Waals surface area contributed by atoms with E-state index >= 15 is 0 Å². The van der Waals surface area contributed by atoms with Crippen molar-refractivity contribution in [3.8, 4) is 5.75 Å². The lowest BCUT2D eigenvalue weighted by Gasteiger charge is -2.20. The molecule has 2 N–H and O–H groups in total. The number of aryl methyl sites for hydroxylation is 1. The van der Waals surface area contributed by atoms with Crippen LogP contribution in [-0.2, 0) is 29.2 Å². The van der Waals surface area contributed by atoms with Gasteiger partial charge in [0.15, 0.2) is 11.8 Å². The molecule has 0 unspecified atom stereocenters. The van der Waals surface area contributed by atoms with Crippen LogP contribution in [0.3, 0.4) is 0 Å². The Balaban J connectivity index is 1.21. The summed E-state index contributed by atoms with van der Waals surface area (Å²) < 4.78 is 18.6. The maximum Gasteiger partial charge on any atom is 0.419 e. The van der Waals surface area contributed by atoms with Gasteiger partial charge in [-0.2, -0.15) is 0 Å². The summed E-state index contributed by atoms with van der Waals surface area (Å²) >= 11 is 6.52. The number of nitrogens with zero attached hydrogens (tertiary/aromatic N) is 2. The summed E-state index contributed by atoms with van der Waals surface area (Å²) in [5, 5.41) is 6.95. The van der Waals surface area contributed by atoms with Gasteiger partial charge in [0.25, 0.3) is 0 Å². The van der Waals surface area contributed by atoms with Gasteiger partial charge in [0, 0.05) is 38.4 Å². The van der Waals surface area contributed by atoms with Gasteiger partial charge in [-0.05, 0) is 36.2 Å². The number of carbonyl (C=O) groups is 1. The van der Waals surface area contributed by atoms with Crippen molar-refractivity contribution in [2.45, 2.75) is 45.3 Å². The highest BCUT2D eigenvalue weighted by molar-refractivity contribution is 6.32. The first-order chi connectivity index (χ1) is 21.0. The van der Waals surface area contributed by atoms with E-state index in [1.165, 1.54) is 4.57 Å². The number of benzene rings is 3. The Bertz CT molecular complexity index is 1680. The zero-order valence-electron chi connectivity index (χ0n) is 23.7. The molecule has 0 saturated carbocycles. The molecule has 10 heteroatoms. The molecule has 2 atom stereocenters. The number of hydrogen-bond donors (Lipinski definition) is 2. The van der Waals surface area contributed by atoms with Crippen LogP contribution in [0.5, 0.6) is 5.75 Å². The Morgan fingerprint density at radius 3 is 2.37 bits per heavy atom. The first-order valence-electron chi connectivity index (χ1n) is 14.1. The summed E-state index contributed by atoms with van der Waals surface area (Å²) in [5.74, 6) is -0.691. The van der Waals surface area contributed by atoms with E-state index in [-0.39, 0.29) is 19.1 Å². The fourth-order valence-corrected chi connectivity index (χ4v) is 4.78. The molecule has 222 valence electrons. The highest BCUT2D eigenvalue weighted by atomic mass is 35.5. The molecule has 0 fully saturated rings. The SMILES string of the molecule is C[C@@H](Oc1cc2oc(=O)n(CCC(=O)O[C@H](CNCc3ccccc3)NCc3ccccc3)c2cc1Cl)c1ccccn1. The van der Waals surface area contributed by atoms with Crippen molar-refractivity contribution in [3.63, 3.8) is 0 Å². The van der Waals surface area contributed by atoms with Gasteiger partial charge in [0.05, 0.1) is 22.7 Å². The fourth-order valence-electron chi connectivity index (χ4n) is 4.58. The van der Waals surface area contributed by atoms with Crippen LogP contribution in [-0.4, -0.2) is 28.3 Å². The normalized spacial score (nSPS) is 12.6. The van der Waals surface area contributed by atoms with Crippen LogP contribution in [0.2, 0.25) is 5.02 Å². The summed E-state index contributed by atoms with van der Waals surface area (Å²) in [7, 11) is 0.